The van der Waals surface area contributed by atoms with Crippen LogP contribution in [0.4, 0.5) is 0 Å². The fourth-order valence-corrected chi connectivity index (χ4v) is 2.72. The van der Waals surface area contributed by atoms with E-state index >= 15 is 0 Å². The molecule has 2 unspecified atom stereocenters. The number of carbonyl (C=O) groups excluding carboxylic acids is 4. The van der Waals surface area contributed by atoms with E-state index in [2.05, 4.69) is 4.74 Å². The summed E-state index contributed by atoms with van der Waals surface area (Å²) in [6.07, 6.45) is -3.51. The number of hydrogen-bond acceptors (Lipinski definition) is 7. The second-order valence-electron chi connectivity index (χ2n) is 5.35. The quantitative estimate of drug-likeness (QED) is 0.435. The van der Waals surface area contributed by atoms with Gasteiger partial charge in [0.25, 0.3) is 0 Å². The first kappa shape index (κ1) is 18.9. The number of benzene rings is 2. The van der Waals surface area contributed by atoms with E-state index in [9.17, 15) is 19.2 Å². The van der Waals surface area contributed by atoms with E-state index < -0.39 is 36.1 Å². The number of esters is 4. The third-order valence-corrected chi connectivity index (χ3v) is 4.26. The zero-order chi connectivity index (χ0) is 19.6. The van der Waals surface area contributed by atoms with Crippen molar-refractivity contribution in [1.82, 2.24) is 0 Å². The van der Waals surface area contributed by atoms with Gasteiger partial charge in [-0.3, -0.25) is 0 Å². The number of carbonyl (C=O) groups is 4. The second kappa shape index (κ2) is 7.77. The van der Waals surface area contributed by atoms with Crippen LogP contribution in [0.5, 0.6) is 0 Å². The molecular weight excluding hydrogens is 399 g/mol. The Balaban J connectivity index is 1.79. The molecule has 1 aliphatic heterocycles. The molecule has 0 N–H and O–H groups in total. The van der Waals surface area contributed by atoms with Gasteiger partial charge in [-0.15, -0.1) is 0 Å². The average molecular weight is 409 g/mol. The van der Waals surface area contributed by atoms with Crippen LogP contribution in [0.2, 0.25) is 10.0 Å². The van der Waals surface area contributed by atoms with Gasteiger partial charge >= 0.3 is 23.9 Å². The molecule has 0 spiro atoms. The summed E-state index contributed by atoms with van der Waals surface area (Å²) < 4.78 is 14.4. The minimum atomic E-state index is -1.76. The molecule has 27 heavy (non-hydrogen) atoms. The minimum absolute atomic E-state index is 0.0255. The van der Waals surface area contributed by atoms with Crippen molar-refractivity contribution in [2.75, 3.05) is 0 Å². The SMILES string of the molecule is O=C(OC1C(=O)OC(=O)C1OC(=O)c1ccccc1Cl)c1ccccc1Cl. The largest absolute Gasteiger partial charge is 0.442 e. The molecule has 1 aliphatic rings. The van der Waals surface area contributed by atoms with Gasteiger partial charge in [0, 0.05) is 0 Å². The van der Waals surface area contributed by atoms with Gasteiger partial charge in [0.15, 0.2) is 0 Å². The van der Waals surface area contributed by atoms with E-state index in [4.69, 9.17) is 32.7 Å². The fourth-order valence-electron chi connectivity index (χ4n) is 2.29. The third-order valence-electron chi connectivity index (χ3n) is 3.60. The molecule has 1 fully saturated rings. The van der Waals surface area contributed by atoms with E-state index in [0.717, 1.165) is 0 Å². The molecule has 2 aromatic rings. The Morgan fingerprint density at radius 3 is 1.48 bits per heavy atom. The van der Waals surface area contributed by atoms with Crippen molar-refractivity contribution < 1.29 is 33.4 Å². The maximum atomic E-state index is 12.2. The van der Waals surface area contributed by atoms with Crippen molar-refractivity contribution in [1.29, 1.82) is 0 Å². The summed E-state index contributed by atoms with van der Waals surface area (Å²) >= 11 is 11.8. The lowest BCUT2D eigenvalue weighted by Gasteiger charge is -2.16. The predicted octanol–water partition coefficient (Wildman–Crippen LogP) is 2.83. The van der Waals surface area contributed by atoms with Crippen LogP contribution in [0.25, 0.3) is 0 Å². The Labute approximate surface area is 162 Å². The third kappa shape index (κ3) is 3.94. The summed E-state index contributed by atoms with van der Waals surface area (Å²) in [6.45, 7) is 0. The maximum absolute atomic E-state index is 12.2. The Bertz CT molecular complexity index is 865. The van der Waals surface area contributed by atoms with Gasteiger partial charge in [0.2, 0.25) is 12.2 Å². The molecule has 0 saturated carbocycles. The van der Waals surface area contributed by atoms with Crippen LogP contribution >= 0.6 is 23.2 Å². The van der Waals surface area contributed by atoms with E-state index in [0.29, 0.717) is 0 Å². The number of rotatable bonds is 4. The van der Waals surface area contributed by atoms with Gasteiger partial charge in [-0.25, -0.2) is 19.2 Å². The zero-order valence-corrected chi connectivity index (χ0v) is 14.9. The molecule has 0 aromatic heterocycles. The summed E-state index contributed by atoms with van der Waals surface area (Å²) in [5.74, 6) is -4.26. The molecule has 0 amide bonds. The highest BCUT2D eigenvalue weighted by Crippen LogP contribution is 2.24. The zero-order valence-electron chi connectivity index (χ0n) is 13.4. The van der Waals surface area contributed by atoms with Crippen molar-refractivity contribution in [2.24, 2.45) is 0 Å². The number of cyclic esters (lactones) is 2. The van der Waals surface area contributed by atoms with Crippen LogP contribution < -0.4 is 0 Å². The van der Waals surface area contributed by atoms with Crippen LogP contribution in [-0.4, -0.2) is 36.1 Å². The highest BCUT2D eigenvalue weighted by atomic mass is 35.5. The Morgan fingerprint density at radius 1 is 0.741 bits per heavy atom. The molecule has 1 saturated heterocycles. The van der Waals surface area contributed by atoms with Gasteiger partial charge in [0.1, 0.15) is 0 Å². The Hall–Kier alpha value is -2.90. The van der Waals surface area contributed by atoms with E-state index in [1.54, 1.807) is 12.1 Å². The summed E-state index contributed by atoms with van der Waals surface area (Å²) in [6, 6.07) is 11.9. The van der Waals surface area contributed by atoms with Crippen molar-refractivity contribution in [3.8, 4) is 0 Å². The number of halogens is 2. The lowest BCUT2D eigenvalue weighted by atomic mass is 10.2. The Morgan fingerprint density at radius 2 is 1.11 bits per heavy atom. The summed E-state index contributed by atoms with van der Waals surface area (Å²) in [5.41, 5.74) is -0.0509. The molecule has 9 heteroatoms. The Kier molecular flexibility index (Phi) is 5.43. The number of hydrogen-bond donors (Lipinski definition) is 0. The van der Waals surface area contributed by atoms with E-state index in [-0.39, 0.29) is 21.2 Å². The van der Waals surface area contributed by atoms with Gasteiger partial charge in [-0.2, -0.15) is 0 Å². The first-order chi connectivity index (χ1) is 12.9. The molecule has 2 aromatic carbocycles. The predicted molar refractivity (Wildman–Crippen MR) is 92.4 cm³/mol. The number of ether oxygens (including phenoxy) is 3. The normalized spacial score (nSPS) is 18.7. The molecule has 7 nitrogen and oxygen atoms in total. The van der Waals surface area contributed by atoms with E-state index in [1.165, 1.54) is 36.4 Å². The summed E-state index contributed by atoms with van der Waals surface area (Å²) in [4.78, 5) is 48.2. The van der Waals surface area contributed by atoms with Crippen LogP contribution in [0.15, 0.2) is 48.5 Å². The van der Waals surface area contributed by atoms with Gasteiger partial charge < -0.3 is 14.2 Å². The second-order valence-corrected chi connectivity index (χ2v) is 6.17. The topological polar surface area (TPSA) is 96.0 Å². The molecule has 0 aliphatic carbocycles. The fraction of sp³-hybridized carbons (Fsp3) is 0.111. The molecule has 2 atom stereocenters. The standard InChI is InChI=1S/C18H10Cl2O7/c19-11-7-3-1-5-9(11)15(21)25-13-14(18(24)27-17(13)23)26-16(22)10-6-2-4-8-12(10)20/h1-8,13-14H. The maximum Gasteiger partial charge on any atom is 0.359 e. The smallest absolute Gasteiger partial charge is 0.359 e. The molecular formula is C18H10Cl2O7. The minimum Gasteiger partial charge on any atom is -0.442 e. The van der Waals surface area contributed by atoms with Crippen LogP contribution in [-0.2, 0) is 23.8 Å². The first-order valence-electron chi connectivity index (χ1n) is 7.55. The van der Waals surface area contributed by atoms with E-state index in [1.807, 2.05) is 0 Å². The lowest BCUT2D eigenvalue weighted by molar-refractivity contribution is -0.155. The highest BCUT2D eigenvalue weighted by Gasteiger charge is 2.50. The van der Waals surface area contributed by atoms with Crippen molar-refractivity contribution in [3.63, 3.8) is 0 Å². The summed E-state index contributed by atoms with van der Waals surface area (Å²) in [5, 5.41) is 0.176. The van der Waals surface area contributed by atoms with Gasteiger partial charge in [-0.05, 0) is 24.3 Å². The van der Waals surface area contributed by atoms with Gasteiger partial charge in [0.05, 0.1) is 21.2 Å². The molecule has 3 rings (SSSR count). The molecule has 0 bridgehead atoms. The summed E-state index contributed by atoms with van der Waals surface area (Å²) in [7, 11) is 0. The van der Waals surface area contributed by atoms with Crippen molar-refractivity contribution in [2.45, 2.75) is 12.2 Å². The molecule has 0 radical (unpaired) electrons. The van der Waals surface area contributed by atoms with Gasteiger partial charge in [-0.1, -0.05) is 47.5 Å². The lowest BCUT2D eigenvalue weighted by Crippen LogP contribution is -2.37. The first-order valence-corrected chi connectivity index (χ1v) is 8.30. The van der Waals surface area contributed by atoms with Crippen molar-refractivity contribution in [3.05, 3.63) is 69.7 Å². The average Bonchev–Trinajstić information content (AvgIpc) is 2.89. The molecule has 1 heterocycles. The van der Waals surface area contributed by atoms with Crippen LogP contribution in [0.1, 0.15) is 20.7 Å². The highest BCUT2D eigenvalue weighted by molar-refractivity contribution is 6.34. The van der Waals surface area contributed by atoms with Crippen molar-refractivity contribution >= 4 is 47.1 Å². The van der Waals surface area contributed by atoms with Crippen LogP contribution in [0.3, 0.4) is 0 Å². The van der Waals surface area contributed by atoms with Crippen LogP contribution in [0, 0.1) is 0 Å². The molecule has 138 valence electrons. The monoisotopic (exact) mass is 408 g/mol.